The van der Waals surface area contributed by atoms with Gasteiger partial charge in [0.1, 0.15) is 0 Å². The van der Waals surface area contributed by atoms with Gasteiger partial charge in [-0.05, 0) is 38.5 Å². The van der Waals surface area contributed by atoms with Crippen molar-refractivity contribution in [2.45, 2.75) is 77.9 Å². The van der Waals surface area contributed by atoms with E-state index in [1.54, 1.807) is 0 Å². The van der Waals surface area contributed by atoms with E-state index in [1.807, 2.05) is 0 Å². The highest BCUT2D eigenvalue weighted by molar-refractivity contribution is 4.92. The summed E-state index contributed by atoms with van der Waals surface area (Å²) in [5.41, 5.74) is 0. The summed E-state index contributed by atoms with van der Waals surface area (Å²) in [6, 6.07) is 1.88. The van der Waals surface area contributed by atoms with E-state index in [4.69, 9.17) is 4.74 Å². The first-order valence-corrected chi connectivity index (χ1v) is 9.20. The molecule has 1 aliphatic heterocycles. The second-order valence-electron chi connectivity index (χ2n) is 7.43. The molecule has 0 aromatic rings. The van der Waals surface area contributed by atoms with Gasteiger partial charge in [-0.1, -0.05) is 33.1 Å². The molecule has 3 unspecified atom stereocenters. The Morgan fingerprint density at radius 1 is 1.19 bits per heavy atom. The molecule has 3 nitrogen and oxygen atoms in total. The zero-order valence-electron chi connectivity index (χ0n) is 14.6. The molecule has 1 saturated heterocycles. The van der Waals surface area contributed by atoms with Crippen molar-refractivity contribution < 1.29 is 4.74 Å². The molecule has 1 N–H and O–H groups in total. The van der Waals surface area contributed by atoms with Crippen molar-refractivity contribution in [2.24, 2.45) is 11.8 Å². The third-order valence-corrected chi connectivity index (χ3v) is 5.56. The van der Waals surface area contributed by atoms with Gasteiger partial charge in [0.2, 0.25) is 0 Å². The second-order valence-corrected chi connectivity index (χ2v) is 7.43. The van der Waals surface area contributed by atoms with Gasteiger partial charge in [0.15, 0.2) is 0 Å². The van der Waals surface area contributed by atoms with Gasteiger partial charge in [0, 0.05) is 37.8 Å². The van der Waals surface area contributed by atoms with E-state index in [0.717, 1.165) is 25.7 Å². The summed E-state index contributed by atoms with van der Waals surface area (Å²) < 4.78 is 5.78. The molecule has 124 valence electrons. The largest absolute Gasteiger partial charge is 0.380 e. The van der Waals surface area contributed by atoms with Crippen LogP contribution in [0.4, 0.5) is 0 Å². The summed E-state index contributed by atoms with van der Waals surface area (Å²) in [5, 5.41) is 3.84. The van der Waals surface area contributed by atoms with E-state index in [2.05, 4.69) is 37.9 Å². The molecule has 21 heavy (non-hydrogen) atoms. The SMILES string of the molecule is CCOCC(C(C)C)N1CC(C2CCCCC2)NCC1C. The van der Waals surface area contributed by atoms with Crippen molar-refractivity contribution >= 4 is 0 Å². The quantitative estimate of drug-likeness (QED) is 0.814. The highest BCUT2D eigenvalue weighted by atomic mass is 16.5. The van der Waals surface area contributed by atoms with Crippen molar-refractivity contribution in [2.75, 3.05) is 26.3 Å². The van der Waals surface area contributed by atoms with Crippen molar-refractivity contribution in [1.82, 2.24) is 10.2 Å². The van der Waals surface area contributed by atoms with Crippen LogP contribution in [-0.4, -0.2) is 49.3 Å². The Bertz CT molecular complexity index is 289. The van der Waals surface area contributed by atoms with Gasteiger partial charge >= 0.3 is 0 Å². The maximum absolute atomic E-state index is 5.78. The molecule has 3 atom stereocenters. The van der Waals surface area contributed by atoms with E-state index in [9.17, 15) is 0 Å². The van der Waals surface area contributed by atoms with E-state index >= 15 is 0 Å². The Balaban J connectivity index is 1.97. The fraction of sp³-hybridized carbons (Fsp3) is 1.00. The molecule has 0 radical (unpaired) electrons. The normalized spacial score (nSPS) is 30.7. The van der Waals surface area contributed by atoms with Crippen LogP contribution >= 0.6 is 0 Å². The lowest BCUT2D eigenvalue weighted by molar-refractivity contribution is -0.00310. The number of hydrogen-bond acceptors (Lipinski definition) is 3. The number of nitrogens with one attached hydrogen (secondary N) is 1. The zero-order chi connectivity index (χ0) is 15.2. The van der Waals surface area contributed by atoms with E-state index < -0.39 is 0 Å². The van der Waals surface area contributed by atoms with E-state index in [0.29, 0.717) is 24.0 Å². The molecule has 1 aliphatic carbocycles. The maximum Gasteiger partial charge on any atom is 0.0624 e. The third kappa shape index (κ3) is 4.67. The molecular weight excluding hydrogens is 260 g/mol. The Kier molecular flexibility index (Phi) is 6.97. The Labute approximate surface area is 131 Å². The van der Waals surface area contributed by atoms with E-state index in [1.165, 1.54) is 38.6 Å². The van der Waals surface area contributed by atoms with Gasteiger partial charge in [-0.25, -0.2) is 0 Å². The summed E-state index contributed by atoms with van der Waals surface area (Å²) in [7, 11) is 0. The molecule has 1 saturated carbocycles. The maximum atomic E-state index is 5.78. The minimum Gasteiger partial charge on any atom is -0.380 e. The van der Waals surface area contributed by atoms with Crippen LogP contribution in [0.25, 0.3) is 0 Å². The predicted molar refractivity (Wildman–Crippen MR) is 89.7 cm³/mol. The summed E-state index contributed by atoms with van der Waals surface area (Å²) in [6.45, 7) is 13.2. The van der Waals surface area contributed by atoms with Crippen molar-refractivity contribution in [3.8, 4) is 0 Å². The molecule has 2 rings (SSSR count). The molecule has 0 spiro atoms. The number of nitrogens with zero attached hydrogens (tertiary/aromatic N) is 1. The van der Waals surface area contributed by atoms with Gasteiger partial charge in [0.05, 0.1) is 6.61 Å². The van der Waals surface area contributed by atoms with Crippen molar-refractivity contribution in [1.29, 1.82) is 0 Å². The highest BCUT2D eigenvalue weighted by Crippen LogP contribution is 2.29. The van der Waals surface area contributed by atoms with E-state index in [-0.39, 0.29) is 0 Å². The number of hydrogen-bond donors (Lipinski definition) is 1. The standard InChI is InChI=1S/C18H36N2O/c1-5-21-13-18(14(2)3)20-12-17(19-11-15(20)4)16-9-7-6-8-10-16/h14-19H,5-13H2,1-4H3. The van der Waals surface area contributed by atoms with Crippen LogP contribution < -0.4 is 5.32 Å². The summed E-state index contributed by atoms with van der Waals surface area (Å²) in [4.78, 5) is 2.73. The van der Waals surface area contributed by atoms with Gasteiger partial charge in [-0.3, -0.25) is 4.90 Å². The van der Waals surface area contributed by atoms with Crippen molar-refractivity contribution in [3.05, 3.63) is 0 Å². The second kappa shape index (κ2) is 8.50. The zero-order valence-corrected chi connectivity index (χ0v) is 14.6. The minimum absolute atomic E-state index is 0.563. The molecule has 2 fully saturated rings. The molecule has 0 amide bonds. The molecule has 0 bridgehead atoms. The third-order valence-electron chi connectivity index (χ3n) is 5.56. The monoisotopic (exact) mass is 296 g/mol. The van der Waals surface area contributed by atoms with Gasteiger partial charge in [-0.15, -0.1) is 0 Å². The molecule has 1 heterocycles. The minimum atomic E-state index is 0.563. The molecule has 0 aromatic carbocycles. The average Bonchev–Trinajstić information content (AvgIpc) is 2.50. The number of rotatable bonds is 6. The summed E-state index contributed by atoms with van der Waals surface area (Å²) >= 11 is 0. The average molecular weight is 296 g/mol. The van der Waals surface area contributed by atoms with Gasteiger partial charge < -0.3 is 10.1 Å². The van der Waals surface area contributed by atoms with Crippen LogP contribution in [0.2, 0.25) is 0 Å². The number of ether oxygens (including phenoxy) is 1. The van der Waals surface area contributed by atoms with Gasteiger partial charge in [-0.2, -0.15) is 0 Å². The van der Waals surface area contributed by atoms with Crippen molar-refractivity contribution in [3.63, 3.8) is 0 Å². The first-order chi connectivity index (χ1) is 10.1. The fourth-order valence-corrected chi connectivity index (χ4v) is 4.14. The lowest BCUT2D eigenvalue weighted by Gasteiger charge is -2.47. The summed E-state index contributed by atoms with van der Waals surface area (Å²) in [5.74, 6) is 1.55. The van der Waals surface area contributed by atoms with Crippen LogP contribution in [0.1, 0.15) is 59.8 Å². The molecule has 2 aliphatic rings. The highest BCUT2D eigenvalue weighted by Gasteiger charge is 2.35. The lowest BCUT2D eigenvalue weighted by atomic mass is 9.82. The van der Waals surface area contributed by atoms with Gasteiger partial charge in [0.25, 0.3) is 0 Å². The van der Waals surface area contributed by atoms with Crippen LogP contribution in [-0.2, 0) is 4.74 Å². The van der Waals surface area contributed by atoms with Crippen LogP contribution in [0, 0.1) is 11.8 Å². The van der Waals surface area contributed by atoms with Crippen LogP contribution in [0.3, 0.4) is 0 Å². The Morgan fingerprint density at radius 2 is 1.90 bits per heavy atom. The predicted octanol–water partition coefficient (Wildman–Crippen LogP) is 3.29. The molecule has 0 aromatic heterocycles. The fourth-order valence-electron chi connectivity index (χ4n) is 4.14. The Morgan fingerprint density at radius 3 is 2.52 bits per heavy atom. The molecule has 3 heteroatoms. The number of piperazine rings is 1. The lowest BCUT2D eigenvalue weighted by Crippen LogP contribution is -2.62. The first kappa shape index (κ1) is 17.2. The smallest absolute Gasteiger partial charge is 0.0624 e. The Hall–Kier alpha value is -0.120. The topological polar surface area (TPSA) is 24.5 Å². The first-order valence-electron chi connectivity index (χ1n) is 9.20. The van der Waals surface area contributed by atoms with Crippen LogP contribution in [0.5, 0.6) is 0 Å². The molecular formula is C18H36N2O. The summed E-state index contributed by atoms with van der Waals surface area (Å²) in [6.07, 6.45) is 7.17. The van der Waals surface area contributed by atoms with Crippen LogP contribution in [0.15, 0.2) is 0 Å².